The molecule has 4 nitrogen and oxygen atoms in total. The van der Waals surface area contributed by atoms with Gasteiger partial charge in [-0.1, -0.05) is 43.7 Å². The quantitative estimate of drug-likeness (QED) is 0.394. The SMILES string of the molecule is Cc1ccc(NC(N)=NCc2cccc(OCC(C)C)c2)cc1.I. The van der Waals surface area contributed by atoms with Gasteiger partial charge in [0.05, 0.1) is 13.2 Å². The summed E-state index contributed by atoms with van der Waals surface area (Å²) in [4.78, 5) is 4.38. The molecule has 3 N–H and O–H groups in total. The molecule has 2 rings (SSSR count). The Morgan fingerprint density at radius 1 is 1.17 bits per heavy atom. The van der Waals surface area contributed by atoms with Crippen LogP contribution in [0, 0.1) is 12.8 Å². The highest BCUT2D eigenvalue weighted by Gasteiger charge is 2.00. The number of halogens is 1. The van der Waals surface area contributed by atoms with Gasteiger partial charge in [-0.25, -0.2) is 4.99 Å². The van der Waals surface area contributed by atoms with E-state index >= 15 is 0 Å². The summed E-state index contributed by atoms with van der Waals surface area (Å²) >= 11 is 0. The van der Waals surface area contributed by atoms with Gasteiger partial charge in [-0.3, -0.25) is 0 Å². The summed E-state index contributed by atoms with van der Waals surface area (Å²) < 4.78 is 5.73. The summed E-state index contributed by atoms with van der Waals surface area (Å²) in [5, 5.41) is 3.09. The summed E-state index contributed by atoms with van der Waals surface area (Å²) in [6, 6.07) is 16.0. The van der Waals surface area contributed by atoms with Gasteiger partial charge < -0.3 is 15.8 Å². The van der Waals surface area contributed by atoms with Crippen LogP contribution in [0.2, 0.25) is 0 Å². The molecule has 2 aromatic rings. The largest absolute Gasteiger partial charge is 0.493 e. The van der Waals surface area contributed by atoms with Crippen molar-refractivity contribution in [2.75, 3.05) is 11.9 Å². The van der Waals surface area contributed by atoms with E-state index in [4.69, 9.17) is 10.5 Å². The van der Waals surface area contributed by atoms with Crippen LogP contribution in [-0.4, -0.2) is 12.6 Å². The Labute approximate surface area is 161 Å². The number of nitrogens with zero attached hydrogens (tertiary/aromatic N) is 1. The fourth-order valence-electron chi connectivity index (χ4n) is 2.00. The molecular formula is C19H26IN3O. The van der Waals surface area contributed by atoms with Crippen molar-refractivity contribution in [3.05, 3.63) is 59.7 Å². The lowest BCUT2D eigenvalue weighted by Gasteiger charge is -2.10. The molecule has 0 atom stereocenters. The lowest BCUT2D eigenvalue weighted by Crippen LogP contribution is -2.22. The molecule has 0 unspecified atom stereocenters. The van der Waals surface area contributed by atoms with Crippen LogP contribution in [0.3, 0.4) is 0 Å². The monoisotopic (exact) mass is 439 g/mol. The number of nitrogens with two attached hydrogens (primary N) is 1. The van der Waals surface area contributed by atoms with Gasteiger partial charge in [-0.2, -0.15) is 0 Å². The summed E-state index contributed by atoms with van der Waals surface area (Å²) in [5.74, 6) is 1.78. The van der Waals surface area contributed by atoms with E-state index in [9.17, 15) is 0 Å². The first-order valence-corrected chi connectivity index (χ1v) is 7.88. The number of anilines is 1. The van der Waals surface area contributed by atoms with Gasteiger partial charge in [0.15, 0.2) is 5.96 Å². The Kier molecular flexibility index (Phi) is 8.60. The van der Waals surface area contributed by atoms with Gasteiger partial charge in [-0.15, -0.1) is 24.0 Å². The van der Waals surface area contributed by atoms with Crippen molar-refractivity contribution in [3.8, 4) is 5.75 Å². The highest BCUT2D eigenvalue weighted by Crippen LogP contribution is 2.15. The zero-order chi connectivity index (χ0) is 16.7. The van der Waals surface area contributed by atoms with Crippen molar-refractivity contribution in [1.82, 2.24) is 0 Å². The molecule has 24 heavy (non-hydrogen) atoms. The minimum atomic E-state index is 0. The van der Waals surface area contributed by atoms with Crippen LogP contribution < -0.4 is 15.8 Å². The molecule has 0 heterocycles. The molecular weight excluding hydrogens is 413 g/mol. The van der Waals surface area contributed by atoms with E-state index in [0.29, 0.717) is 25.0 Å². The predicted molar refractivity (Wildman–Crippen MR) is 112 cm³/mol. The molecule has 0 saturated carbocycles. The molecule has 0 amide bonds. The van der Waals surface area contributed by atoms with Crippen LogP contribution in [0.1, 0.15) is 25.0 Å². The number of nitrogens with one attached hydrogen (secondary N) is 1. The van der Waals surface area contributed by atoms with E-state index in [1.165, 1.54) is 5.56 Å². The van der Waals surface area contributed by atoms with Gasteiger partial charge in [0.2, 0.25) is 0 Å². The lowest BCUT2D eigenvalue weighted by molar-refractivity contribution is 0.271. The molecule has 0 spiro atoms. The summed E-state index contributed by atoms with van der Waals surface area (Å²) in [5.41, 5.74) is 9.15. The average Bonchev–Trinajstić information content (AvgIpc) is 2.54. The molecule has 5 heteroatoms. The maximum absolute atomic E-state index is 5.94. The topological polar surface area (TPSA) is 59.6 Å². The molecule has 0 aliphatic heterocycles. The van der Waals surface area contributed by atoms with Crippen LogP contribution in [0.25, 0.3) is 0 Å². The summed E-state index contributed by atoms with van der Waals surface area (Å²) in [6.07, 6.45) is 0. The van der Waals surface area contributed by atoms with Gasteiger partial charge in [-0.05, 0) is 42.7 Å². The van der Waals surface area contributed by atoms with E-state index < -0.39 is 0 Å². The number of ether oxygens (including phenoxy) is 1. The predicted octanol–water partition coefficient (Wildman–Crippen LogP) is 4.57. The Balaban J connectivity index is 0.00000288. The van der Waals surface area contributed by atoms with Crippen molar-refractivity contribution >= 4 is 35.6 Å². The molecule has 0 saturated heterocycles. The summed E-state index contributed by atoms with van der Waals surface area (Å²) in [7, 11) is 0. The van der Waals surface area contributed by atoms with Crippen molar-refractivity contribution in [2.24, 2.45) is 16.6 Å². The number of benzene rings is 2. The molecule has 0 aromatic heterocycles. The van der Waals surface area contributed by atoms with Crippen LogP contribution in [0.15, 0.2) is 53.5 Å². The highest BCUT2D eigenvalue weighted by molar-refractivity contribution is 14.0. The van der Waals surface area contributed by atoms with Gasteiger partial charge in [0.25, 0.3) is 0 Å². The first kappa shape index (κ1) is 20.3. The minimum absolute atomic E-state index is 0. The zero-order valence-electron chi connectivity index (χ0n) is 14.5. The van der Waals surface area contributed by atoms with Crippen molar-refractivity contribution in [2.45, 2.75) is 27.3 Å². The van der Waals surface area contributed by atoms with Crippen LogP contribution >= 0.6 is 24.0 Å². The zero-order valence-corrected chi connectivity index (χ0v) is 16.8. The molecule has 0 aliphatic carbocycles. The van der Waals surface area contributed by atoms with E-state index in [0.717, 1.165) is 17.0 Å². The minimum Gasteiger partial charge on any atom is -0.493 e. The van der Waals surface area contributed by atoms with Crippen LogP contribution in [0.4, 0.5) is 5.69 Å². The van der Waals surface area contributed by atoms with Crippen molar-refractivity contribution in [1.29, 1.82) is 0 Å². The molecule has 0 aliphatic rings. The van der Waals surface area contributed by atoms with Crippen LogP contribution in [0.5, 0.6) is 5.75 Å². The Hall–Kier alpha value is -1.76. The fraction of sp³-hybridized carbons (Fsp3) is 0.316. The smallest absolute Gasteiger partial charge is 0.193 e. The van der Waals surface area contributed by atoms with Crippen LogP contribution in [-0.2, 0) is 6.54 Å². The Morgan fingerprint density at radius 2 is 1.88 bits per heavy atom. The highest BCUT2D eigenvalue weighted by atomic mass is 127. The van der Waals surface area contributed by atoms with E-state index in [-0.39, 0.29) is 24.0 Å². The molecule has 130 valence electrons. The van der Waals surface area contributed by atoms with E-state index in [1.54, 1.807) is 0 Å². The van der Waals surface area contributed by atoms with Gasteiger partial charge >= 0.3 is 0 Å². The number of aliphatic imine (C=N–C) groups is 1. The molecule has 0 radical (unpaired) electrons. The number of guanidine groups is 1. The number of aryl methyl sites for hydroxylation is 1. The number of hydrogen-bond donors (Lipinski definition) is 2. The van der Waals surface area contributed by atoms with E-state index in [1.807, 2.05) is 48.5 Å². The first-order chi connectivity index (χ1) is 11.0. The molecule has 0 bridgehead atoms. The third-order valence-corrected chi connectivity index (χ3v) is 3.24. The molecule has 2 aromatic carbocycles. The number of hydrogen-bond acceptors (Lipinski definition) is 2. The third-order valence-electron chi connectivity index (χ3n) is 3.24. The van der Waals surface area contributed by atoms with Crippen molar-refractivity contribution in [3.63, 3.8) is 0 Å². The van der Waals surface area contributed by atoms with Gasteiger partial charge in [0, 0.05) is 5.69 Å². The second-order valence-electron chi connectivity index (χ2n) is 6.04. The number of rotatable bonds is 6. The first-order valence-electron chi connectivity index (χ1n) is 7.88. The lowest BCUT2D eigenvalue weighted by atomic mass is 10.2. The second kappa shape index (κ2) is 10.2. The average molecular weight is 439 g/mol. The maximum Gasteiger partial charge on any atom is 0.193 e. The summed E-state index contributed by atoms with van der Waals surface area (Å²) in [6.45, 7) is 7.54. The van der Waals surface area contributed by atoms with E-state index in [2.05, 4.69) is 31.1 Å². The second-order valence-corrected chi connectivity index (χ2v) is 6.04. The standard InChI is InChI=1S/C19H25N3O.HI/c1-14(2)13-23-18-6-4-5-16(11-18)12-21-19(20)22-17-9-7-15(3)8-10-17;/h4-11,14H,12-13H2,1-3H3,(H3,20,21,22);1H. The normalized spacial score (nSPS) is 11.1. The Bertz CT molecular complexity index is 654. The van der Waals surface area contributed by atoms with Gasteiger partial charge in [0.1, 0.15) is 5.75 Å². The van der Waals surface area contributed by atoms with Crippen molar-refractivity contribution < 1.29 is 4.74 Å². The Morgan fingerprint density at radius 3 is 2.54 bits per heavy atom. The third kappa shape index (κ3) is 7.21. The fourth-order valence-corrected chi connectivity index (χ4v) is 2.00. The molecule has 0 fully saturated rings. The maximum atomic E-state index is 5.94.